The minimum Gasteiger partial charge on any atom is -0.295 e. The Morgan fingerprint density at radius 1 is 1.00 bits per heavy atom. The van der Waals surface area contributed by atoms with Gasteiger partial charge in [-0.25, -0.2) is 0 Å². The Morgan fingerprint density at radius 2 is 1.70 bits per heavy atom. The molecule has 0 radical (unpaired) electrons. The molecule has 1 aromatic carbocycles. The second kappa shape index (κ2) is 9.51. The maximum Gasteiger partial charge on any atom is 0.401 e. The summed E-state index contributed by atoms with van der Waals surface area (Å²) in [6.07, 6.45) is 9.15. The van der Waals surface area contributed by atoms with Gasteiger partial charge >= 0.3 is 6.18 Å². The minimum absolute atomic E-state index is 0.542. The number of allylic oxidation sites excluding steroid dienone is 1. The number of piperidine rings is 1. The highest BCUT2D eigenvalue weighted by Crippen LogP contribution is 2.32. The van der Waals surface area contributed by atoms with Crippen LogP contribution in [0.3, 0.4) is 0 Å². The van der Waals surface area contributed by atoms with Gasteiger partial charge in [0, 0.05) is 11.2 Å². The van der Waals surface area contributed by atoms with Crippen molar-refractivity contribution in [1.82, 2.24) is 4.90 Å². The molecule has 1 fully saturated rings. The summed E-state index contributed by atoms with van der Waals surface area (Å²) in [6, 6.07) is 9.00. The number of benzene rings is 1. The molecule has 0 aromatic heterocycles. The number of halogens is 3. The molecule has 1 aliphatic carbocycles. The van der Waals surface area contributed by atoms with Crippen LogP contribution in [0.15, 0.2) is 36.4 Å². The largest absolute Gasteiger partial charge is 0.401 e. The zero-order chi connectivity index (χ0) is 19.3. The normalized spacial score (nSPS) is 25.0. The lowest BCUT2D eigenvalue weighted by Crippen LogP contribution is -2.40. The fraction of sp³-hybridized carbons (Fsp3) is 0.636. The molecule has 1 saturated heterocycles. The zero-order valence-electron chi connectivity index (χ0n) is 16.0. The highest BCUT2D eigenvalue weighted by Gasteiger charge is 2.32. The molecule has 1 nitrogen and oxygen atoms in total. The van der Waals surface area contributed by atoms with E-state index in [1.807, 2.05) is 11.8 Å². The predicted molar refractivity (Wildman–Crippen MR) is 108 cm³/mol. The quantitative estimate of drug-likeness (QED) is 0.537. The van der Waals surface area contributed by atoms with E-state index >= 15 is 0 Å². The smallest absolute Gasteiger partial charge is 0.295 e. The van der Waals surface area contributed by atoms with Crippen LogP contribution in [0.4, 0.5) is 13.2 Å². The molecule has 27 heavy (non-hydrogen) atoms. The maximum absolute atomic E-state index is 12.5. The number of rotatable bonds is 6. The molecule has 5 heteroatoms. The van der Waals surface area contributed by atoms with Gasteiger partial charge in [-0.05, 0) is 74.9 Å². The van der Waals surface area contributed by atoms with Crippen LogP contribution in [0, 0.1) is 5.92 Å². The van der Waals surface area contributed by atoms with Crippen molar-refractivity contribution in [2.75, 3.05) is 25.9 Å². The average molecular weight is 398 g/mol. The van der Waals surface area contributed by atoms with Crippen molar-refractivity contribution in [3.63, 3.8) is 0 Å². The molecule has 0 N–H and O–H groups in total. The third-order valence-electron chi connectivity index (χ3n) is 5.98. The molecule has 0 amide bonds. The molecule has 2 atom stereocenters. The second-order valence-electron chi connectivity index (χ2n) is 7.96. The standard InChI is InChI=1S/C22H30F3NS/c1-27-21-10-8-20(9-11-21)19-6-4-17(5-7-19)2-3-18-12-14-26(15-13-18)16-22(23,24)25/h4-8,10,18,20-21H,2-3,9,11-16H2,1H3. The number of nitrogens with zero attached hydrogens (tertiary/aromatic N) is 1. The van der Waals surface area contributed by atoms with Gasteiger partial charge in [-0.1, -0.05) is 36.4 Å². The fourth-order valence-electron chi connectivity index (χ4n) is 4.26. The second-order valence-corrected chi connectivity index (χ2v) is 9.03. The first-order valence-electron chi connectivity index (χ1n) is 10.0. The third kappa shape index (κ3) is 6.56. The van der Waals surface area contributed by atoms with Crippen molar-refractivity contribution < 1.29 is 13.2 Å². The molecule has 3 rings (SSSR count). The zero-order valence-corrected chi connectivity index (χ0v) is 16.9. The van der Waals surface area contributed by atoms with Gasteiger partial charge in [-0.15, -0.1) is 0 Å². The number of likely N-dealkylation sites (tertiary alicyclic amines) is 1. The lowest BCUT2D eigenvalue weighted by molar-refractivity contribution is -0.148. The molecule has 1 aliphatic heterocycles. The molecule has 1 aromatic rings. The molecule has 2 aliphatic rings. The number of hydrogen-bond acceptors (Lipinski definition) is 2. The summed E-state index contributed by atoms with van der Waals surface area (Å²) < 4.78 is 37.4. The summed E-state index contributed by atoms with van der Waals surface area (Å²) in [7, 11) is 0. The monoisotopic (exact) mass is 397 g/mol. The van der Waals surface area contributed by atoms with Gasteiger partial charge in [-0.3, -0.25) is 4.90 Å². The molecule has 150 valence electrons. The van der Waals surface area contributed by atoms with Crippen LogP contribution in [0.2, 0.25) is 0 Å². The van der Waals surface area contributed by atoms with E-state index in [1.165, 1.54) is 24.0 Å². The van der Waals surface area contributed by atoms with Crippen LogP contribution < -0.4 is 0 Å². The van der Waals surface area contributed by atoms with E-state index < -0.39 is 12.7 Å². The summed E-state index contributed by atoms with van der Waals surface area (Å²) >= 11 is 1.92. The van der Waals surface area contributed by atoms with Gasteiger partial charge in [0.05, 0.1) is 6.54 Å². The van der Waals surface area contributed by atoms with Gasteiger partial charge < -0.3 is 0 Å². The summed E-state index contributed by atoms with van der Waals surface area (Å²) in [6.45, 7) is 0.400. The van der Waals surface area contributed by atoms with Gasteiger partial charge in [0.25, 0.3) is 0 Å². The highest BCUT2D eigenvalue weighted by atomic mass is 32.2. The van der Waals surface area contributed by atoms with Crippen LogP contribution in [0.1, 0.15) is 49.1 Å². The SMILES string of the molecule is CSC1C=CC(c2ccc(CCC3CCN(CC(F)(F)F)CC3)cc2)CC1. The van der Waals surface area contributed by atoms with E-state index in [-0.39, 0.29) is 0 Å². The molecule has 0 spiro atoms. The van der Waals surface area contributed by atoms with E-state index in [0.29, 0.717) is 30.2 Å². The number of aryl methyl sites for hydroxylation is 1. The van der Waals surface area contributed by atoms with Crippen molar-refractivity contribution >= 4 is 11.8 Å². The minimum atomic E-state index is -4.07. The summed E-state index contributed by atoms with van der Waals surface area (Å²) in [5.41, 5.74) is 2.74. The maximum atomic E-state index is 12.5. The van der Waals surface area contributed by atoms with E-state index in [4.69, 9.17) is 0 Å². The topological polar surface area (TPSA) is 3.24 Å². The summed E-state index contributed by atoms with van der Waals surface area (Å²) in [4.78, 5) is 1.55. The van der Waals surface area contributed by atoms with E-state index in [0.717, 1.165) is 25.7 Å². The molecule has 1 heterocycles. The lowest BCUT2D eigenvalue weighted by Gasteiger charge is -2.32. The Labute approximate surface area is 165 Å². The van der Waals surface area contributed by atoms with Crippen LogP contribution in [0.5, 0.6) is 0 Å². The number of hydrogen-bond donors (Lipinski definition) is 0. The first-order valence-corrected chi connectivity index (χ1v) is 11.3. The van der Waals surface area contributed by atoms with Gasteiger partial charge in [0.15, 0.2) is 0 Å². The first kappa shape index (κ1) is 20.8. The van der Waals surface area contributed by atoms with Crippen molar-refractivity contribution in [2.45, 2.75) is 55.9 Å². The number of alkyl halides is 3. The predicted octanol–water partition coefficient (Wildman–Crippen LogP) is 6.06. The Bertz CT molecular complexity index is 603. The molecular formula is C22H30F3NS. The Hall–Kier alpha value is -0.940. The Morgan fingerprint density at radius 3 is 2.26 bits per heavy atom. The average Bonchev–Trinajstić information content (AvgIpc) is 2.67. The summed E-state index contributed by atoms with van der Waals surface area (Å²) in [5.74, 6) is 1.10. The van der Waals surface area contributed by atoms with Crippen molar-refractivity contribution in [2.24, 2.45) is 5.92 Å². The first-order chi connectivity index (χ1) is 12.9. The van der Waals surface area contributed by atoms with Crippen molar-refractivity contribution in [1.29, 1.82) is 0 Å². The van der Waals surface area contributed by atoms with Gasteiger partial charge in [0.1, 0.15) is 0 Å². The Kier molecular flexibility index (Phi) is 7.32. The van der Waals surface area contributed by atoms with Crippen molar-refractivity contribution in [3.8, 4) is 0 Å². The van der Waals surface area contributed by atoms with Gasteiger partial charge in [0.2, 0.25) is 0 Å². The van der Waals surface area contributed by atoms with Crippen LogP contribution in [-0.2, 0) is 6.42 Å². The van der Waals surface area contributed by atoms with Crippen LogP contribution in [0.25, 0.3) is 0 Å². The third-order valence-corrected chi connectivity index (χ3v) is 6.98. The molecule has 0 bridgehead atoms. The van der Waals surface area contributed by atoms with Gasteiger partial charge in [-0.2, -0.15) is 24.9 Å². The van der Waals surface area contributed by atoms with Crippen LogP contribution in [-0.4, -0.2) is 42.2 Å². The van der Waals surface area contributed by atoms with Crippen molar-refractivity contribution in [3.05, 3.63) is 47.5 Å². The lowest BCUT2D eigenvalue weighted by atomic mass is 9.87. The Balaban J connectivity index is 1.42. The van der Waals surface area contributed by atoms with E-state index in [9.17, 15) is 13.2 Å². The molecular weight excluding hydrogens is 367 g/mol. The fourth-order valence-corrected chi connectivity index (χ4v) is 4.88. The summed E-state index contributed by atoms with van der Waals surface area (Å²) in [5, 5.41) is 0.670. The highest BCUT2D eigenvalue weighted by molar-refractivity contribution is 7.99. The van der Waals surface area contributed by atoms with E-state index in [2.05, 4.69) is 42.7 Å². The number of thioether (sulfide) groups is 1. The van der Waals surface area contributed by atoms with E-state index in [1.54, 1.807) is 4.90 Å². The van der Waals surface area contributed by atoms with Crippen LogP contribution >= 0.6 is 11.8 Å². The molecule has 2 unspecified atom stereocenters. The molecule has 0 saturated carbocycles.